The van der Waals surface area contributed by atoms with Gasteiger partial charge < -0.3 is 10.7 Å². The number of hydrogen-bond donors (Lipinski definition) is 2. The van der Waals surface area contributed by atoms with Gasteiger partial charge in [0.2, 0.25) is 0 Å². The van der Waals surface area contributed by atoms with E-state index in [0.29, 0.717) is 16.5 Å². The highest BCUT2D eigenvalue weighted by Gasteiger charge is 2.17. The van der Waals surface area contributed by atoms with Gasteiger partial charge in [-0.05, 0) is 36.4 Å². The van der Waals surface area contributed by atoms with Crippen LogP contribution >= 0.6 is 0 Å². The molecule has 0 spiro atoms. The molecule has 0 unspecified atom stereocenters. The minimum absolute atomic E-state index is 0.0754. The molecule has 1 aromatic heterocycles. The van der Waals surface area contributed by atoms with E-state index in [1.807, 2.05) is 0 Å². The van der Waals surface area contributed by atoms with Crippen LogP contribution in [0.4, 0.5) is 14.5 Å². The molecule has 5 heteroatoms. The van der Waals surface area contributed by atoms with Crippen molar-refractivity contribution >= 4 is 22.4 Å². The Morgan fingerprint density at radius 3 is 2.45 bits per heavy atom. The molecule has 0 aliphatic carbocycles. The third-order valence-corrected chi connectivity index (χ3v) is 3.15. The second kappa shape index (κ2) is 4.45. The van der Waals surface area contributed by atoms with Crippen molar-refractivity contribution in [2.24, 2.45) is 0 Å². The maximum atomic E-state index is 13.1. The summed E-state index contributed by atoms with van der Waals surface area (Å²) in [4.78, 5) is 15.3. The highest BCUT2D eigenvalue weighted by atomic mass is 19.1. The number of anilines is 1. The van der Waals surface area contributed by atoms with Crippen molar-refractivity contribution in [1.29, 1.82) is 0 Å². The summed E-state index contributed by atoms with van der Waals surface area (Å²) in [6, 6.07) is 7.73. The Hall–Kier alpha value is -2.69. The van der Waals surface area contributed by atoms with E-state index in [1.165, 1.54) is 36.5 Å². The Morgan fingerprint density at radius 2 is 1.70 bits per heavy atom. The van der Waals surface area contributed by atoms with Crippen LogP contribution in [0.1, 0.15) is 15.9 Å². The van der Waals surface area contributed by atoms with Crippen molar-refractivity contribution in [2.45, 2.75) is 0 Å². The van der Waals surface area contributed by atoms with Crippen molar-refractivity contribution in [3.8, 4) is 0 Å². The van der Waals surface area contributed by atoms with E-state index >= 15 is 0 Å². The van der Waals surface area contributed by atoms with Crippen LogP contribution in [0.3, 0.4) is 0 Å². The maximum absolute atomic E-state index is 13.1. The third-order valence-electron chi connectivity index (χ3n) is 3.15. The molecule has 0 aliphatic heterocycles. The van der Waals surface area contributed by atoms with E-state index in [4.69, 9.17) is 5.73 Å². The Labute approximate surface area is 113 Å². The number of aromatic amines is 1. The maximum Gasteiger partial charge on any atom is 0.197 e. The summed E-state index contributed by atoms with van der Waals surface area (Å²) in [5, 5.41) is 0.597. The fourth-order valence-electron chi connectivity index (χ4n) is 2.17. The number of H-pyrrole nitrogens is 1. The quantitative estimate of drug-likeness (QED) is 0.555. The molecule has 2 aromatic carbocycles. The molecule has 0 radical (unpaired) electrons. The molecular weight excluding hydrogens is 262 g/mol. The van der Waals surface area contributed by atoms with Gasteiger partial charge in [-0.2, -0.15) is 0 Å². The Balaban J connectivity index is 2.13. The molecule has 3 aromatic rings. The molecule has 0 aliphatic rings. The molecule has 100 valence electrons. The van der Waals surface area contributed by atoms with Gasteiger partial charge in [-0.3, -0.25) is 4.79 Å². The zero-order valence-electron chi connectivity index (χ0n) is 10.3. The van der Waals surface area contributed by atoms with E-state index in [0.717, 1.165) is 6.07 Å². The Morgan fingerprint density at radius 1 is 1.00 bits per heavy atom. The summed E-state index contributed by atoms with van der Waals surface area (Å²) >= 11 is 0. The summed E-state index contributed by atoms with van der Waals surface area (Å²) in [7, 11) is 0. The highest BCUT2D eigenvalue weighted by molar-refractivity contribution is 6.18. The van der Waals surface area contributed by atoms with Gasteiger partial charge in [-0.1, -0.05) is 0 Å². The van der Waals surface area contributed by atoms with Gasteiger partial charge in [0, 0.05) is 33.9 Å². The average molecular weight is 272 g/mol. The topological polar surface area (TPSA) is 58.9 Å². The van der Waals surface area contributed by atoms with Gasteiger partial charge in [-0.15, -0.1) is 0 Å². The van der Waals surface area contributed by atoms with Crippen LogP contribution in [0.25, 0.3) is 10.9 Å². The molecule has 1 heterocycles. The molecule has 0 bridgehead atoms. The molecule has 3 nitrogen and oxygen atoms in total. The Kier molecular flexibility index (Phi) is 2.75. The molecule has 3 N–H and O–H groups in total. The zero-order chi connectivity index (χ0) is 14.3. The monoisotopic (exact) mass is 272 g/mol. The largest absolute Gasteiger partial charge is 0.398 e. The zero-order valence-corrected chi connectivity index (χ0v) is 10.3. The van der Waals surface area contributed by atoms with Gasteiger partial charge in [0.05, 0.1) is 0 Å². The first kappa shape index (κ1) is 12.3. The summed E-state index contributed by atoms with van der Waals surface area (Å²) < 4.78 is 26.1. The molecule has 0 fully saturated rings. The fraction of sp³-hybridized carbons (Fsp3) is 0. The summed E-state index contributed by atoms with van der Waals surface area (Å²) in [6.07, 6.45) is 1.50. The summed E-state index contributed by atoms with van der Waals surface area (Å²) in [6.45, 7) is 0. The van der Waals surface area contributed by atoms with Crippen molar-refractivity contribution < 1.29 is 13.6 Å². The molecule has 0 saturated heterocycles. The van der Waals surface area contributed by atoms with E-state index in [2.05, 4.69) is 4.98 Å². The lowest BCUT2D eigenvalue weighted by Crippen LogP contribution is -2.05. The van der Waals surface area contributed by atoms with Crippen molar-refractivity contribution in [3.63, 3.8) is 0 Å². The van der Waals surface area contributed by atoms with Crippen LogP contribution in [-0.2, 0) is 0 Å². The normalized spacial score (nSPS) is 10.9. The first-order chi connectivity index (χ1) is 9.56. The van der Waals surface area contributed by atoms with Gasteiger partial charge in [0.25, 0.3) is 0 Å². The van der Waals surface area contributed by atoms with Crippen LogP contribution < -0.4 is 5.73 Å². The lowest BCUT2D eigenvalue weighted by atomic mass is 10.0. The van der Waals surface area contributed by atoms with Crippen LogP contribution in [0.2, 0.25) is 0 Å². The molecule has 20 heavy (non-hydrogen) atoms. The van der Waals surface area contributed by atoms with Gasteiger partial charge in [-0.25, -0.2) is 8.78 Å². The number of nitrogens with one attached hydrogen (secondary N) is 1. The fourth-order valence-corrected chi connectivity index (χ4v) is 2.17. The number of fused-ring (bicyclic) bond motifs is 1. The van der Waals surface area contributed by atoms with Crippen molar-refractivity contribution in [3.05, 3.63) is 65.4 Å². The summed E-state index contributed by atoms with van der Waals surface area (Å²) in [5.74, 6) is -1.22. The molecule has 0 amide bonds. The van der Waals surface area contributed by atoms with Crippen LogP contribution in [0.5, 0.6) is 0 Å². The minimum atomic E-state index is -0.500. The second-order valence-corrected chi connectivity index (χ2v) is 4.45. The number of carbonyl (C=O) groups excluding carboxylic acids is 1. The second-order valence-electron chi connectivity index (χ2n) is 4.45. The number of aromatic nitrogens is 1. The standard InChI is InChI=1S/C15H10F2N2O/c16-8-2-4-11(13(18)5-8)15(20)12-7-19-14-6-9(17)1-3-10(12)14/h1-7,19H,18H2. The minimum Gasteiger partial charge on any atom is -0.398 e. The first-order valence-electron chi connectivity index (χ1n) is 5.92. The van der Waals surface area contributed by atoms with E-state index < -0.39 is 5.82 Å². The number of rotatable bonds is 2. The number of hydrogen-bond acceptors (Lipinski definition) is 2. The molecule has 0 atom stereocenters. The van der Waals surface area contributed by atoms with Gasteiger partial charge in [0.15, 0.2) is 5.78 Å². The average Bonchev–Trinajstić information content (AvgIpc) is 2.80. The van der Waals surface area contributed by atoms with Gasteiger partial charge >= 0.3 is 0 Å². The van der Waals surface area contributed by atoms with Gasteiger partial charge in [0.1, 0.15) is 11.6 Å². The third kappa shape index (κ3) is 1.93. The molecule has 3 rings (SSSR count). The molecule has 0 saturated carbocycles. The highest BCUT2D eigenvalue weighted by Crippen LogP contribution is 2.24. The molecular formula is C15H10F2N2O. The Bertz CT molecular complexity index is 824. The predicted molar refractivity (Wildman–Crippen MR) is 72.5 cm³/mol. The first-order valence-corrected chi connectivity index (χ1v) is 5.92. The summed E-state index contributed by atoms with van der Waals surface area (Å²) in [5.41, 5.74) is 6.86. The van der Waals surface area contributed by atoms with Crippen LogP contribution in [-0.4, -0.2) is 10.8 Å². The number of carbonyl (C=O) groups is 1. The van der Waals surface area contributed by atoms with E-state index in [9.17, 15) is 13.6 Å². The van der Waals surface area contributed by atoms with Crippen molar-refractivity contribution in [1.82, 2.24) is 4.98 Å². The van der Waals surface area contributed by atoms with Crippen LogP contribution in [0, 0.1) is 11.6 Å². The lowest BCUT2D eigenvalue weighted by molar-refractivity contribution is 0.104. The van der Waals surface area contributed by atoms with Crippen molar-refractivity contribution in [2.75, 3.05) is 5.73 Å². The predicted octanol–water partition coefficient (Wildman–Crippen LogP) is 3.26. The number of halogens is 2. The van der Waals surface area contributed by atoms with E-state index in [1.54, 1.807) is 0 Å². The SMILES string of the molecule is Nc1cc(F)ccc1C(=O)c1c[nH]c2cc(F)ccc12. The van der Waals surface area contributed by atoms with E-state index in [-0.39, 0.29) is 22.9 Å². The number of ketones is 1. The smallest absolute Gasteiger partial charge is 0.197 e. The number of nitrogens with two attached hydrogens (primary N) is 1. The van der Waals surface area contributed by atoms with Crippen LogP contribution in [0.15, 0.2) is 42.6 Å². The lowest BCUT2D eigenvalue weighted by Gasteiger charge is -2.04. The number of benzene rings is 2. The number of nitrogen functional groups attached to an aromatic ring is 1.